The Hall–Kier alpha value is 0.890. The standard InChI is InChI=1S/C9H19INO2.HI/c1-5-8(10)9(12)13-7-6-11(2,3)4;/h8H,5-7H2,1-4H3;1H/q+1;/p-1. The quantitative estimate of drug-likeness (QED) is 0.230. The van der Waals surface area contributed by atoms with Crippen molar-refractivity contribution >= 4 is 28.6 Å². The van der Waals surface area contributed by atoms with Crippen molar-refractivity contribution in [3.05, 3.63) is 0 Å². The molecular weight excluding hydrogens is 408 g/mol. The van der Waals surface area contributed by atoms with E-state index in [2.05, 4.69) is 43.7 Å². The Morgan fingerprint density at radius 1 is 1.43 bits per heavy atom. The average molecular weight is 427 g/mol. The predicted octanol–water partition coefficient (Wildman–Crippen LogP) is -1.55. The lowest BCUT2D eigenvalue weighted by molar-refractivity contribution is -0.870. The van der Waals surface area contributed by atoms with E-state index in [1.54, 1.807) is 0 Å². The topological polar surface area (TPSA) is 26.3 Å². The summed E-state index contributed by atoms with van der Waals surface area (Å²) in [5, 5.41) is 0. The Labute approximate surface area is 117 Å². The maximum absolute atomic E-state index is 11.2. The Morgan fingerprint density at radius 2 is 1.93 bits per heavy atom. The first-order valence-electron chi connectivity index (χ1n) is 4.48. The summed E-state index contributed by atoms with van der Waals surface area (Å²) in [6.07, 6.45) is 0.837. The molecule has 0 heterocycles. The fourth-order valence-corrected chi connectivity index (χ4v) is 0.857. The summed E-state index contributed by atoms with van der Waals surface area (Å²) >= 11 is 2.11. The third-order valence-corrected chi connectivity index (χ3v) is 3.01. The molecule has 0 aliphatic heterocycles. The van der Waals surface area contributed by atoms with Crippen LogP contribution in [0.5, 0.6) is 0 Å². The van der Waals surface area contributed by atoms with E-state index in [0.29, 0.717) is 6.61 Å². The van der Waals surface area contributed by atoms with Gasteiger partial charge in [0.15, 0.2) is 0 Å². The van der Waals surface area contributed by atoms with Crippen molar-refractivity contribution < 1.29 is 38.0 Å². The maximum atomic E-state index is 11.2. The minimum absolute atomic E-state index is 0. The third-order valence-electron chi connectivity index (χ3n) is 1.62. The number of quaternary nitrogens is 1. The lowest BCUT2D eigenvalue weighted by Gasteiger charge is -2.23. The zero-order valence-electron chi connectivity index (χ0n) is 9.22. The highest BCUT2D eigenvalue weighted by molar-refractivity contribution is 14.1. The number of alkyl halides is 1. The molecule has 0 amide bonds. The summed E-state index contributed by atoms with van der Waals surface area (Å²) in [5.74, 6) is -0.0865. The number of carbonyl (C=O) groups excluding carboxylic acids is 1. The molecule has 0 aliphatic rings. The Kier molecular flexibility index (Phi) is 9.99. The van der Waals surface area contributed by atoms with Crippen LogP contribution >= 0.6 is 22.6 Å². The summed E-state index contributed by atoms with van der Waals surface area (Å²) in [4.78, 5) is 11.2. The number of halogens is 2. The molecule has 0 rings (SSSR count). The van der Waals surface area contributed by atoms with Crippen LogP contribution < -0.4 is 24.0 Å². The minimum atomic E-state index is -0.0865. The van der Waals surface area contributed by atoms with Gasteiger partial charge in [-0.25, -0.2) is 0 Å². The lowest BCUT2D eigenvalue weighted by atomic mass is 10.3. The molecule has 0 radical (unpaired) electrons. The molecule has 1 atom stereocenters. The zero-order chi connectivity index (χ0) is 10.5. The molecule has 0 saturated carbocycles. The Morgan fingerprint density at radius 3 is 2.29 bits per heavy atom. The van der Waals surface area contributed by atoms with Crippen LogP contribution in [0.4, 0.5) is 0 Å². The highest BCUT2D eigenvalue weighted by Gasteiger charge is 2.15. The van der Waals surface area contributed by atoms with Crippen LogP contribution in [-0.4, -0.2) is 48.7 Å². The van der Waals surface area contributed by atoms with Crippen molar-refractivity contribution in [2.75, 3.05) is 34.3 Å². The molecule has 1 unspecified atom stereocenters. The van der Waals surface area contributed by atoms with Gasteiger partial charge in [-0.05, 0) is 6.42 Å². The van der Waals surface area contributed by atoms with Crippen LogP contribution in [0.15, 0.2) is 0 Å². The number of hydrogen-bond donors (Lipinski definition) is 0. The van der Waals surface area contributed by atoms with Crippen LogP contribution in [0.25, 0.3) is 0 Å². The van der Waals surface area contributed by atoms with Gasteiger partial charge in [0.25, 0.3) is 0 Å². The molecule has 0 aromatic heterocycles. The first-order valence-corrected chi connectivity index (χ1v) is 5.72. The van der Waals surface area contributed by atoms with Crippen LogP contribution in [0.3, 0.4) is 0 Å². The minimum Gasteiger partial charge on any atom is -1.00 e. The van der Waals surface area contributed by atoms with E-state index in [1.165, 1.54) is 0 Å². The summed E-state index contributed by atoms with van der Waals surface area (Å²) in [5.41, 5.74) is 0. The molecule has 0 aromatic rings. The number of esters is 1. The van der Waals surface area contributed by atoms with Crippen molar-refractivity contribution in [1.29, 1.82) is 0 Å². The summed E-state index contributed by atoms with van der Waals surface area (Å²) in [7, 11) is 6.24. The largest absolute Gasteiger partial charge is 1.00 e. The molecule has 14 heavy (non-hydrogen) atoms. The van der Waals surface area contributed by atoms with Crippen molar-refractivity contribution in [3.63, 3.8) is 0 Å². The second-order valence-corrected chi connectivity index (χ2v) is 5.56. The highest BCUT2D eigenvalue weighted by Crippen LogP contribution is 2.07. The van der Waals surface area contributed by atoms with Crippen molar-refractivity contribution in [2.24, 2.45) is 0 Å². The van der Waals surface area contributed by atoms with Crippen LogP contribution in [0.1, 0.15) is 13.3 Å². The molecular formula is C9H19I2NO2. The maximum Gasteiger partial charge on any atom is 0.319 e. The molecule has 0 aliphatic carbocycles. The molecule has 5 heteroatoms. The van der Waals surface area contributed by atoms with E-state index in [-0.39, 0.29) is 33.9 Å². The molecule has 0 N–H and O–H groups in total. The number of carbonyl (C=O) groups is 1. The third kappa shape index (κ3) is 9.45. The van der Waals surface area contributed by atoms with Gasteiger partial charge >= 0.3 is 5.97 Å². The summed E-state index contributed by atoms with van der Waals surface area (Å²) < 4.78 is 5.94. The van der Waals surface area contributed by atoms with E-state index in [1.807, 2.05) is 6.92 Å². The SMILES string of the molecule is CCC(I)C(=O)OCC[N+](C)(C)C.[I-]. The number of nitrogens with zero attached hydrogens (tertiary/aromatic N) is 1. The molecule has 0 fully saturated rings. The van der Waals surface area contributed by atoms with Crippen molar-refractivity contribution in [1.82, 2.24) is 0 Å². The number of hydrogen-bond acceptors (Lipinski definition) is 2. The molecule has 3 nitrogen and oxygen atoms in total. The van der Waals surface area contributed by atoms with Gasteiger partial charge in [0, 0.05) is 0 Å². The van der Waals surface area contributed by atoms with Gasteiger partial charge in [-0.2, -0.15) is 0 Å². The van der Waals surface area contributed by atoms with Gasteiger partial charge in [-0.1, -0.05) is 29.5 Å². The van der Waals surface area contributed by atoms with E-state index in [0.717, 1.165) is 17.4 Å². The van der Waals surface area contributed by atoms with Gasteiger partial charge in [0.2, 0.25) is 0 Å². The predicted molar refractivity (Wildman–Crippen MR) is 62.0 cm³/mol. The monoisotopic (exact) mass is 427 g/mol. The second-order valence-electron chi connectivity index (χ2n) is 4.06. The number of rotatable bonds is 5. The fraction of sp³-hybridized carbons (Fsp3) is 0.889. The van der Waals surface area contributed by atoms with E-state index in [9.17, 15) is 4.79 Å². The van der Waals surface area contributed by atoms with E-state index >= 15 is 0 Å². The van der Waals surface area contributed by atoms with Gasteiger partial charge in [0.1, 0.15) is 17.1 Å². The number of ether oxygens (including phenoxy) is 1. The molecule has 0 bridgehead atoms. The second kappa shape index (κ2) is 8.09. The average Bonchev–Trinajstić information content (AvgIpc) is 2.00. The van der Waals surface area contributed by atoms with Gasteiger partial charge in [0.05, 0.1) is 21.1 Å². The Bertz CT molecular complexity index is 169. The fourth-order valence-electron chi connectivity index (χ4n) is 0.677. The van der Waals surface area contributed by atoms with Crippen LogP contribution in [0, 0.1) is 0 Å². The van der Waals surface area contributed by atoms with E-state index < -0.39 is 0 Å². The van der Waals surface area contributed by atoms with Crippen LogP contribution in [-0.2, 0) is 9.53 Å². The lowest BCUT2D eigenvalue weighted by Crippen LogP contribution is -3.00. The normalized spacial score (nSPS) is 12.9. The van der Waals surface area contributed by atoms with Crippen LogP contribution in [0.2, 0.25) is 0 Å². The smallest absolute Gasteiger partial charge is 0.319 e. The Balaban J connectivity index is 0. The zero-order valence-corrected chi connectivity index (χ0v) is 13.5. The number of likely N-dealkylation sites (N-methyl/N-ethyl adjacent to an activating group) is 1. The highest BCUT2D eigenvalue weighted by atomic mass is 127. The molecule has 86 valence electrons. The summed E-state index contributed by atoms with van der Waals surface area (Å²) in [6.45, 7) is 3.36. The van der Waals surface area contributed by atoms with Gasteiger partial charge in [-0.15, -0.1) is 0 Å². The first kappa shape index (κ1) is 17.3. The van der Waals surface area contributed by atoms with Crippen molar-refractivity contribution in [2.45, 2.75) is 17.3 Å². The first-order chi connectivity index (χ1) is 5.87. The van der Waals surface area contributed by atoms with E-state index in [4.69, 9.17) is 4.74 Å². The summed E-state index contributed by atoms with van der Waals surface area (Å²) in [6, 6.07) is 0. The van der Waals surface area contributed by atoms with Gasteiger partial charge in [-0.3, -0.25) is 4.79 Å². The molecule has 0 aromatic carbocycles. The van der Waals surface area contributed by atoms with Crippen molar-refractivity contribution in [3.8, 4) is 0 Å². The molecule has 0 saturated heterocycles. The molecule has 0 spiro atoms. The van der Waals surface area contributed by atoms with Gasteiger partial charge < -0.3 is 33.2 Å².